The number of aliphatic carboxylic acids is 1. The van der Waals surface area contributed by atoms with Gasteiger partial charge in [0.05, 0.1) is 0 Å². The van der Waals surface area contributed by atoms with Crippen molar-refractivity contribution in [3.63, 3.8) is 0 Å². The summed E-state index contributed by atoms with van der Waals surface area (Å²) in [4.78, 5) is 14.8. The highest BCUT2D eigenvalue weighted by Crippen LogP contribution is 2.41. The number of carbonyl (C=O) groups is 1. The number of aryl methyl sites for hydroxylation is 1. The van der Waals surface area contributed by atoms with Crippen LogP contribution in [0, 0.1) is 23.7 Å². The number of carboxylic acid groups (broad SMARTS) is 1. The van der Waals surface area contributed by atoms with Crippen LogP contribution in [0.2, 0.25) is 0 Å². The molecule has 0 radical (unpaired) electrons. The summed E-state index contributed by atoms with van der Waals surface area (Å²) in [7, 11) is 0. The molecule has 0 amide bonds. The maximum Gasteiger partial charge on any atom is 0.321 e. The Bertz CT molecular complexity index is 962. The second kappa shape index (κ2) is 14.8. The van der Waals surface area contributed by atoms with Crippen molar-refractivity contribution in [3.05, 3.63) is 58.3 Å². The molecule has 0 spiro atoms. The standard InChI is InChI=1S/C35H51NO2S/c37-35(38)34(30-15-5-2-6-16-30)36-24-31(33(25-36)32-22-23-39-26-32)17-8-7-12-28-18-20-29(21-19-28)14-9-13-27-10-3-1-4-11-27/h1,3-4,10-11,22-23,26,28-31,33-34H,2,5-9,12-21,24-25H2,(H,37,38)/t28?,29?,31?,33?,34-/m1/s1. The van der Waals surface area contributed by atoms with E-state index in [9.17, 15) is 9.90 Å². The van der Waals surface area contributed by atoms with Crippen LogP contribution in [0.5, 0.6) is 0 Å². The van der Waals surface area contributed by atoms with E-state index in [1.54, 1.807) is 11.3 Å². The summed E-state index contributed by atoms with van der Waals surface area (Å²) in [5.41, 5.74) is 2.94. The molecule has 2 aliphatic carbocycles. The number of hydrogen-bond acceptors (Lipinski definition) is 3. The molecule has 1 aromatic heterocycles. The lowest BCUT2D eigenvalue weighted by molar-refractivity contribution is -0.145. The minimum atomic E-state index is -0.581. The molecule has 5 rings (SSSR count). The Balaban J connectivity index is 1.04. The van der Waals surface area contributed by atoms with Crippen LogP contribution in [-0.4, -0.2) is 35.1 Å². The number of benzene rings is 1. The Morgan fingerprint density at radius 3 is 2.21 bits per heavy atom. The minimum Gasteiger partial charge on any atom is -0.480 e. The maximum absolute atomic E-state index is 12.4. The molecule has 2 unspecified atom stereocenters. The number of hydrogen-bond donors (Lipinski definition) is 1. The quantitative estimate of drug-likeness (QED) is 0.253. The van der Waals surface area contributed by atoms with E-state index < -0.39 is 5.97 Å². The monoisotopic (exact) mass is 549 g/mol. The van der Waals surface area contributed by atoms with Gasteiger partial charge in [-0.25, -0.2) is 0 Å². The normalized spacial score (nSPS) is 27.5. The molecule has 3 atom stereocenters. The molecule has 3 aliphatic rings. The third-order valence-corrected chi connectivity index (χ3v) is 11.2. The zero-order chi connectivity index (χ0) is 26.9. The zero-order valence-electron chi connectivity index (χ0n) is 24.0. The van der Waals surface area contributed by atoms with E-state index >= 15 is 0 Å². The van der Waals surface area contributed by atoms with Gasteiger partial charge in [0.25, 0.3) is 0 Å². The predicted molar refractivity (Wildman–Crippen MR) is 163 cm³/mol. The van der Waals surface area contributed by atoms with Crippen LogP contribution in [0.4, 0.5) is 0 Å². The van der Waals surface area contributed by atoms with Gasteiger partial charge in [-0.2, -0.15) is 11.3 Å². The van der Waals surface area contributed by atoms with Crippen LogP contribution in [0.25, 0.3) is 0 Å². The highest BCUT2D eigenvalue weighted by molar-refractivity contribution is 7.08. The third-order valence-electron chi connectivity index (χ3n) is 10.5. The van der Waals surface area contributed by atoms with Gasteiger partial charge in [-0.3, -0.25) is 9.69 Å². The largest absolute Gasteiger partial charge is 0.480 e. The van der Waals surface area contributed by atoms with Gasteiger partial charge in [0.2, 0.25) is 0 Å². The SMILES string of the molecule is O=C(O)[C@@H](C1CCCCC1)N1CC(CCCCC2CCC(CCCc3ccccc3)CC2)C(c2ccsc2)C1. The lowest BCUT2D eigenvalue weighted by atomic mass is 9.77. The van der Waals surface area contributed by atoms with E-state index in [0.717, 1.165) is 37.8 Å². The summed E-state index contributed by atoms with van der Waals surface area (Å²) in [6.07, 6.45) is 20.9. The molecule has 1 N–H and O–H groups in total. The molecule has 214 valence electrons. The number of likely N-dealkylation sites (tertiary alicyclic amines) is 1. The minimum absolute atomic E-state index is 0.278. The third kappa shape index (κ3) is 8.19. The summed E-state index contributed by atoms with van der Waals surface area (Å²) in [5, 5.41) is 14.7. The fourth-order valence-electron chi connectivity index (χ4n) is 8.28. The van der Waals surface area contributed by atoms with Gasteiger partial charge in [0, 0.05) is 19.0 Å². The average molecular weight is 550 g/mol. The van der Waals surface area contributed by atoms with Crippen LogP contribution in [0.3, 0.4) is 0 Å². The van der Waals surface area contributed by atoms with Gasteiger partial charge in [-0.05, 0) is 83.7 Å². The number of rotatable bonds is 13. The first-order chi connectivity index (χ1) is 19.2. The Morgan fingerprint density at radius 1 is 0.846 bits per heavy atom. The number of thiophene rings is 1. The molecule has 4 heteroatoms. The Hall–Kier alpha value is -1.65. The summed E-state index contributed by atoms with van der Waals surface area (Å²) < 4.78 is 0. The van der Waals surface area contributed by atoms with E-state index in [4.69, 9.17) is 0 Å². The van der Waals surface area contributed by atoms with E-state index in [-0.39, 0.29) is 6.04 Å². The van der Waals surface area contributed by atoms with Crippen molar-refractivity contribution in [2.75, 3.05) is 13.1 Å². The molecule has 3 nitrogen and oxygen atoms in total. The zero-order valence-corrected chi connectivity index (χ0v) is 24.8. The van der Waals surface area contributed by atoms with Gasteiger partial charge in [-0.15, -0.1) is 0 Å². The van der Waals surface area contributed by atoms with Gasteiger partial charge >= 0.3 is 5.97 Å². The average Bonchev–Trinajstić information content (AvgIpc) is 3.64. The highest BCUT2D eigenvalue weighted by Gasteiger charge is 2.42. The molecule has 3 fully saturated rings. The molecule has 2 heterocycles. The molecular weight excluding hydrogens is 498 g/mol. The van der Waals surface area contributed by atoms with E-state index in [1.165, 1.54) is 101 Å². The second-order valence-corrected chi connectivity index (χ2v) is 13.9. The van der Waals surface area contributed by atoms with Gasteiger partial charge in [0.1, 0.15) is 6.04 Å². The fraction of sp³-hybridized carbons (Fsp3) is 0.686. The second-order valence-electron chi connectivity index (χ2n) is 13.1. The molecule has 0 bridgehead atoms. The van der Waals surface area contributed by atoms with E-state index in [0.29, 0.717) is 17.8 Å². The van der Waals surface area contributed by atoms with Crippen molar-refractivity contribution < 1.29 is 9.90 Å². The summed E-state index contributed by atoms with van der Waals surface area (Å²) in [6, 6.07) is 13.0. The molecule has 1 aliphatic heterocycles. The van der Waals surface area contributed by atoms with Gasteiger partial charge in [0.15, 0.2) is 0 Å². The summed E-state index contributed by atoms with van der Waals surface area (Å²) in [6.45, 7) is 1.91. The van der Waals surface area contributed by atoms with Crippen LogP contribution in [-0.2, 0) is 11.2 Å². The first-order valence-electron chi connectivity index (χ1n) is 16.2. The number of carboxylic acids is 1. The van der Waals surface area contributed by atoms with Crippen LogP contribution in [0.15, 0.2) is 47.2 Å². The maximum atomic E-state index is 12.4. The van der Waals surface area contributed by atoms with Crippen molar-refractivity contribution in [1.29, 1.82) is 0 Å². The predicted octanol–water partition coefficient (Wildman–Crippen LogP) is 9.19. The summed E-state index contributed by atoms with van der Waals surface area (Å²) >= 11 is 1.79. The first-order valence-corrected chi connectivity index (χ1v) is 17.1. The van der Waals surface area contributed by atoms with Crippen LogP contribution in [0.1, 0.15) is 113 Å². The van der Waals surface area contributed by atoms with E-state index in [1.807, 2.05) is 0 Å². The molecule has 39 heavy (non-hydrogen) atoms. The lowest BCUT2D eigenvalue weighted by Crippen LogP contribution is -2.46. The van der Waals surface area contributed by atoms with Gasteiger partial charge in [-0.1, -0.05) is 101 Å². The van der Waals surface area contributed by atoms with Crippen molar-refractivity contribution in [2.45, 2.75) is 115 Å². The first kappa shape index (κ1) is 28.9. The molecule has 2 saturated carbocycles. The molecular formula is C35H51NO2S. The highest BCUT2D eigenvalue weighted by atomic mass is 32.1. The fourth-order valence-corrected chi connectivity index (χ4v) is 9.01. The van der Waals surface area contributed by atoms with Gasteiger partial charge < -0.3 is 5.11 Å². The Labute approximate surface area is 241 Å². The Kier molecular flexibility index (Phi) is 11.0. The molecule has 1 aromatic carbocycles. The van der Waals surface area contributed by atoms with Crippen molar-refractivity contribution in [1.82, 2.24) is 4.90 Å². The van der Waals surface area contributed by atoms with E-state index in [2.05, 4.69) is 52.1 Å². The summed E-state index contributed by atoms with van der Waals surface area (Å²) in [5.74, 6) is 2.75. The number of nitrogens with zero attached hydrogens (tertiary/aromatic N) is 1. The smallest absolute Gasteiger partial charge is 0.321 e. The van der Waals surface area contributed by atoms with Crippen molar-refractivity contribution in [3.8, 4) is 0 Å². The van der Waals surface area contributed by atoms with Crippen LogP contribution >= 0.6 is 11.3 Å². The van der Waals surface area contributed by atoms with Crippen molar-refractivity contribution in [2.24, 2.45) is 23.7 Å². The lowest BCUT2D eigenvalue weighted by Gasteiger charge is -2.34. The number of unbranched alkanes of at least 4 members (excludes halogenated alkanes) is 1. The molecule has 1 saturated heterocycles. The van der Waals surface area contributed by atoms with Crippen LogP contribution < -0.4 is 0 Å². The van der Waals surface area contributed by atoms with Crippen molar-refractivity contribution >= 4 is 17.3 Å². The topological polar surface area (TPSA) is 40.5 Å². The molecule has 2 aromatic rings. The Morgan fingerprint density at radius 2 is 1.54 bits per heavy atom.